The molecule has 2 saturated carbocycles. The Hall–Kier alpha value is -0.0800. The molecule has 1 atom stereocenters. The highest BCUT2D eigenvalue weighted by molar-refractivity contribution is 4.96. The Morgan fingerprint density at radius 3 is 2.24 bits per heavy atom. The quantitative estimate of drug-likeness (QED) is 0.743. The van der Waals surface area contributed by atoms with Gasteiger partial charge in [0.05, 0.1) is 5.60 Å². The number of ether oxygens (including phenoxy) is 1. The molecule has 0 aromatic carbocycles. The summed E-state index contributed by atoms with van der Waals surface area (Å²) in [6.45, 7) is 0.990. The van der Waals surface area contributed by atoms with E-state index in [0.717, 1.165) is 18.7 Å². The second-order valence-electron chi connectivity index (χ2n) is 6.43. The van der Waals surface area contributed by atoms with Gasteiger partial charge in [0, 0.05) is 18.7 Å². The predicted octanol–water partition coefficient (Wildman–Crippen LogP) is 3.40. The molecule has 3 aliphatic rings. The van der Waals surface area contributed by atoms with Gasteiger partial charge in [0.15, 0.2) is 0 Å². The molecule has 1 heterocycles. The largest absolute Gasteiger partial charge is 0.375 e. The van der Waals surface area contributed by atoms with Crippen molar-refractivity contribution in [1.29, 1.82) is 0 Å². The van der Waals surface area contributed by atoms with Gasteiger partial charge in [-0.25, -0.2) is 0 Å². The Morgan fingerprint density at radius 2 is 1.59 bits per heavy atom. The van der Waals surface area contributed by atoms with E-state index in [0.29, 0.717) is 5.60 Å². The Kier molecular flexibility index (Phi) is 3.72. The molecule has 3 fully saturated rings. The summed E-state index contributed by atoms with van der Waals surface area (Å²) in [6.07, 6.45) is 15.1. The number of nitrogens with one attached hydrogen (secondary N) is 1. The molecule has 0 aromatic rings. The first-order chi connectivity index (χ1) is 8.36. The second kappa shape index (κ2) is 5.27. The molecule has 1 N–H and O–H groups in total. The van der Waals surface area contributed by atoms with Gasteiger partial charge < -0.3 is 10.1 Å². The van der Waals surface area contributed by atoms with Crippen LogP contribution >= 0.6 is 0 Å². The maximum atomic E-state index is 6.01. The molecule has 1 unspecified atom stereocenters. The summed E-state index contributed by atoms with van der Waals surface area (Å²) in [5.74, 6) is 0. The standard InChI is InChI=1S/C15H27NO/c1-2-4-7-13(6-3-1)16-14-8-11-17-15(12-14)9-5-10-15/h13-14,16H,1-12H2. The maximum Gasteiger partial charge on any atom is 0.0697 e. The molecule has 0 amide bonds. The molecular formula is C15H27NO. The van der Waals surface area contributed by atoms with E-state index >= 15 is 0 Å². The highest BCUT2D eigenvalue weighted by atomic mass is 16.5. The molecule has 98 valence electrons. The molecule has 1 spiro atoms. The van der Waals surface area contributed by atoms with Crippen LogP contribution in [0.4, 0.5) is 0 Å². The van der Waals surface area contributed by atoms with Crippen molar-refractivity contribution in [3.63, 3.8) is 0 Å². The summed E-state index contributed by atoms with van der Waals surface area (Å²) in [5, 5.41) is 3.94. The number of rotatable bonds is 2. The SMILES string of the molecule is C1CCCC(NC2CCOC3(CCC3)C2)CC1. The highest BCUT2D eigenvalue weighted by Gasteiger charge is 2.42. The molecular weight excluding hydrogens is 210 g/mol. The molecule has 1 saturated heterocycles. The van der Waals surface area contributed by atoms with E-state index in [1.165, 1.54) is 70.6 Å². The Balaban J connectivity index is 1.50. The van der Waals surface area contributed by atoms with Crippen LogP contribution < -0.4 is 5.32 Å². The van der Waals surface area contributed by atoms with Gasteiger partial charge in [0.1, 0.15) is 0 Å². The third-order valence-electron chi connectivity index (χ3n) is 5.08. The van der Waals surface area contributed by atoms with Crippen LogP contribution in [0.3, 0.4) is 0 Å². The second-order valence-corrected chi connectivity index (χ2v) is 6.43. The zero-order valence-electron chi connectivity index (χ0n) is 11.0. The lowest BCUT2D eigenvalue weighted by atomic mass is 9.74. The van der Waals surface area contributed by atoms with E-state index in [2.05, 4.69) is 5.32 Å². The average Bonchev–Trinajstić information content (AvgIpc) is 2.56. The zero-order chi connectivity index (χ0) is 11.6. The van der Waals surface area contributed by atoms with Crippen LogP contribution in [-0.4, -0.2) is 24.3 Å². The topological polar surface area (TPSA) is 21.3 Å². The van der Waals surface area contributed by atoms with Crippen molar-refractivity contribution in [2.75, 3.05) is 6.61 Å². The van der Waals surface area contributed by atoms with Gasteiger partial charge in [0.25, 0.3) is 0 Å². The van der Waals surface area contributed by atoms with Crippen molar-refractivity contribution in [1.82, 2.24) is 5.32 Å². The normalized spacial score (nSPS) is 34.2. The van der Waals surface area contributed by atoms with Gasteiger partial charge in [-0.05, 0) is 44.9 Å². The number of hydrogen-bond acceptors (Lipinski definition) is 2. The van der Waals surface area contributed by atoms with Gasteiger partial charge in [-0.3, -0.25) is 0 Å². The summed E-state index contributed by atoms with van der Waals surface area (Å²) in [7, 11) is 0. The van der Waals surface area contributed by atoms with Crippen LogP contribution in [0.2, 0.25) is 0 Å². The fraction of sp³-hybridized carbons (Fsp3) is 1.00. The van der Waals surface area contributed by atoms with E-state index in [9.17, 15) is 0 Å². The minimum atomic E-state index is 0.306. The first-order valence-corrected chi connectivity index (χ1v) is 7.76. The lowest BCUT2D eigenvalue weighted by molar-refractivity contribution is -0.136. The minimum Gasteiger partial charge on any atom is -0.375 e. The first kappa shape index (κ1) is 12.0. The average molecular weight is 237 g/mol. The third-order valence-corrected chi connectivity index (χ3v) is 5.08. The number of hydrogen-bond donors (Lipinski definition) is 1. The monoisotopic (exact) mass is 237 g/mol. The molecule has 2 heteroatoms. The Labute approximate surface area is 105 Å². The molecule has 3 rings (SSSR count). The van der Waals surface area contributed by atoms with Crippen LogP contribution in [0.15, 0.2) is 0 Å². The van der Waals surface area contributed by atoms with Crippen LogP contribution in [0.25, 0.3) is 0 Å². The summed E-state index contributed by atoms with van der Waals surface area (Å²) in [6, 6.07) is 1.55. The summed E-state index contributed by atoms with van der Waals surface area (Å²) in [5.41, 5.74) is 0.306. The van der Waals surface area contributed by atoms with Crippen molar-refractivity contribution >= 4 is 0 Å². The van der Waals surface area contributed by atoms with Crippen LogP contribution in [0, 0.1) is 0 Å². The van der Waals surface area contributed by atoms with Crippen molar-refractivity contribution < 1.29 is 4.74 Å². The van der Waals surface area contributed by atoms with Gasteiger partial charge in [-0.2, -0.15) is 0 Å². The van der Waals surface area contributed by atoms with E-state index in [1.54, 1.807) is 0 Å². The predicted molar refractivity (Wildman–Crippen MR) is 70.2 cm³/mol. The Morgan fingerprint density at radius 1 is 0.824 bits per heavy atom. The Bertz CT molecular complexity index is 241. The van der Waals surface area contributed by atoms with Gasteiger partial charge in [-0.15, -0.1) is 0 Å². The van der Waals surface area contributed by atoms with Crippen LogP contribution in [0.5, 0.6) is 0 Å². The van der Waals surface area contributed by atoms with Crippen LogP contribution in [-0.2, 0) is 4.74 Å². The summed E-state index contributed by atoms with van der Waals surface area (Å²) in [4.78, 5) is 0. The maximum absolute atomic E-state index is 6.01. The molecule has 1 aliphatic heterocycles. The van der Waals surface area contributed by atoms with Crippen LogP contribution in [0.1, 0.15) is 70.6 Å². The smallest absolute Gasteiger partial charge is 0.0697 e. The van der Waals surface area contributed by atoms with Gasteiger partial charge >= 0.3 is 0 Å². The van der Waals surface area contributed by atoms with E-state index in [4.69, 9.17) is 4.74 Å². The highest BCUT2D eigenvalue weighted by Crippen LogP contribution is 2.42. The zero-order valence-corrected chi connectivity index (χ0v) is 11.0. The third kappa shape index (κ3) is 2.85. The fourth-order valence-corrected chi connectivity index (χ4v) is 3.87. The van der Waals surface area contributed by atoms with E-state index in [-0.39, 0.29) is 0 Å². The summed E-state index contributed by atoms with van der Waals surface area (Å²) < 4.78 is 6.01. The lowest BCUT2D eigenvalue weighted by Crippen LogP contribution is -2.52. The van der Waals surface area contributed by atoms with Crippen molar-refractivity contribution in [3.05, 3.63) is 0 Å². The molecule has 17 heavy (non-hydrogen) atoms. The van der Waals surface area contributed by atoms with Crippen molar-refractivity contribution in [3.8, 4) is 0 Å². The minimum absolute atomic E-state index is 0.306. The van der Waals surface area contributed by atoms with Gasteiger partial charge in [0.2, 0.25) is 0 Å². The first-order valence-electron chi connectivity index (χ1n) is 7.76. The molecule has 2 nitrogen and oxygen atoms in total. The molecule has 0 bridgehead atoms. The van der Waals surface area contributed by atoms with E-state index < -0.39 is 0 Å². The molecule has 0 radical (unpaired) electrons. The van der Waals surface area contributed by atoms with Gasteiger partial charge in [-0.1, -0.05) is 25.7 Å². The van der Waals surface area contributed by atoms with E-state index in [1.807, 2.05) is 0 Å². The molecule has 2 aliphatic carbocycles. The summed E-state index contributed by atoms with van der Waals surface area (Å²) >= 11 is 0. The van der Waals surface area contributed by atoms with Crippen molar-refractivity contribution in [2.45, 2.75) is 88.3 Å². The lowest BCUT2D eigenvalue weighted by Gasteiger charge is -2.48. The van der Waals surface area contributed by atoms with Crippen molar-refractivity contribution in [2.24, 2.45) is 0 Å². The fourth-order valence-electron chi connectivity index (χ4n) is 3.87. The molecule has 0 aromatic heterocycles.